The first-order chi connectivity index (χ1) is 5.90. The smallest absolute Gasteiger partial charge is 0.0152 e. The van der Waals surface area contributed by atoms with E-state index in [0.717, 1.165) is 12.8 Å². The van der Waals surface area contributed by atoms with Gasteiger partial charge in [-0.15, -0.1) is 0 Å². The molecule has 1 saturated carbocycles. The van der Waals surface area contributed by atoms with Gasteiger partial charge in [-0.2, -0.15) is 0 Å². The molecule has 1 aliphatic carbocycles. The van der Waals surface area contributed by atoms with Gasteiger partial charge in [0.25, 0.3) is 0 Å². The average molecular weight is 176 g/mol. The minimum atomic E-state index is 0.149. The predicted octanol–water partition coefficient (Wildman–Crippen LogP) is 4.11. The molecule has 0 radical (unpaired) electrons. The van der Waals surface area contributed by atoms with Crippen molar-refractivity contribution in [2.24, 2.45) is 11.3 Å². The van der Waals surface area contributed by atoms with Crippen molar-refractivity contribution in [2.45, 2.75) is 33.6 Å². The lowest BCUT2D eigenvalue weighted by Gasteiger charge is -2.30. The highest BCUT2D eigenvalue weighted by atomic mass is 14.4. The zero-order chi connectivity index (χ0) is 10.2. The molecule has 1 fully saturated rings. The monoisotopic (exact) mass is 176 g/mol. The topological polar surface area (TPSA) is 0 Å². The molecule has 0 N–H and O–H groups in total. The van der Waals surface area contributed by atoms with E-state index in [2.05, 4.69) is 40.5 Å². The lowest BCUT2D eigenvalue weighted by atomic mass is 9.74. The van der Waals surface area contributed by atoms with Crippen LogP contribution in [0.15, 0.2) is 36.5 Å². The molecule has 0 nitrogen and oxygen atoms in total. The van der Waals surface area contributed by atoms with Crippen LogP contribution in [0.5, 0.6) is 0 Å². The summed E-state index contributed by atoms with van der Waals surface area (Å²) < 4.78 is 0. The molecule has 13 heavy (non-hydrogen) atoms. The molecule has 0 aromatic heterocycles. The minimum Gasteiger partial charge on any atom is -0.0995 e. The second kappa shape index (κ2) is 3.17. The molecule has 1 atom stereocenters. The van der Waals surface area contributed by atoms with Gasteiger partial charge in [0, 0.05) is 5.41 Å². The van der Waals surface area contributed by atoms with Crippen LogP contribution >= 0.6 is 0 Å². The molecule has 0 aliphatic heterocycles. The van der Waals surface area contributed by atoms with Crippen molar-refractivity contribution in [3.8, 4) is 0 Å². The number of hydrogen-bond acceptors (Lipinski definition) is 0. The molecule has 0 amide bonds. The first-order valence-electron chi connectivity index (χ1n) is 4.90. The third kappa shape index (κ3) is 1.50. The van der Waals surface area contributed by atoms with Gasteiger partial charge in [0.05, 0.1) is 0 Å². The summed E-state index contributed by atoms with van der Waals surface area (Å²) in [6.45, 7) is 18.8. The van der Waals surface area contributed by atoms with E-state index in [0.29, 0.717) is 5.92 Å². The quantitative estimate of drug-likeness (QED) is 0.555. The fraction of sp³-hybridized carbons (Fsp3) is 0.538. The molecule has 0 heteroatoms. The van der Waals surface area contributed by atoms with Crippen molar-refractivity contribution in [3.05, 3.63) is 36.5 Å². The van der Waals surface area contributed by atoms with Crippen LogP contribution in [-0.4, -0.2) is 0 Å². The molecule has 0 saturated heterocycles. The molecule has 1 unspecified atom stereocenters. The van der Waals surface area contributed by atoms with Crippen LogP contribution in [0.25, 0.3) is 0 Å². The zero-order valence-electron chi connectivity index (χ0n) is 9.11. The lowest BCUT2D eigenvalue weighted by Crippen LogP contribution is -2.18. The summed E-state index contributed by atoms with van der Waals surface area (Å²) in [5, 5.41) is 0. The van der Waals surface area contributed by atoms with Gasteiger partial charge in [-0.1, -0.05) is 43.4 Å². The van der Waals surface area contributed by atoms with Crippen LogP contribution < -0.4 is 0 Å². The maximum absolute atomic E-state index is 4.11. The highest BCUT2D eigenvalue weighted by Gasteiger charge is 2.40. The number of allylic oxidation sites excluding steroid dienone is 3. The third-order valence-corrected chi connectivity index (χ3v) is 3.51. The summed E-state index contributed by atoms with van der Waals surface area (Å²) in [6.07, 6.45) is 2.20. The van der Waals surface area contributed by atoms with Crippen molar-refractivity contribution >= 4 is 0 Å². The summed E-state index contributed by atoms with van der Waals surface area (Å²) in [7, 11) is 0. The maximum atomic E-state index is 4.11. The molecule has 1 rings (SSSR count). The molecule has 0 aromatic carbocycles. The Hall–Kier alpha value is -0.780. The van der Waals surface area contributed by atoms with Crippen LogP contribution in [0.1, 0.15) is 33.6 Å². The molecule has 0 heterocycles. The lowest BCUT2D eigenvalue weighted by molar-refractivity contribution is 0.429. The second-order valence-electron chi connectivity index (χ2n) is 4.58. The van der Waals surface area contributed by atoms with Crippen LogP contribution in [0.4, 0.5) is 0 Å². The standard InChI is InChI=1S/C13H20/c1-9(2)13(10(3)4)7-11(5)12(6)8-13/h12H,1,3,5,7-8H2,2,4,6H3. The molecule has 1 aliphatic rings. The van der Waals surface area contributed by atoms with Gasteiger partial charge in [-0.25, -0.2) is 0 Å². The fourth-order valence-corrected chi connectivity index (χ4v) is 2.32. The van der Waals surface area contributed by atoms with Gasteiger partial charge in [-0.3, -0.25) is 0 Å². The highest BCUT2D eigenvalue weighted by molar-refractivity contribution is 5.32. The van der Waals surface area contributed by atoms with E-state index in [1.54, 1.807) is 0 Å². The van der Waals surface area contributed by atoms with Gasteiger partial charge < -0.3 is 0 Å². The fourth-order valence-electron chi connectivity index (χ4n) is 2.32. The van der Waals surface area contributed by atoms with Crippen molar-refractivity contribution in [2.75, 3.05) is 0 Å². The normalized spacial score (nSPS) is 26.1. The van der Waals surface area contributed by atoms with Crippen LogP contribution in [-0.2, 0) is 0 Å². The van der Waals surface area contributed by atoms with Gasteiger partial charge in [0.1, 0.15) is 0 Å². The summed E-state index contributed by atoms with van der Waals surface area (Å²) in [4.78, 5) is 0. The highest BCUT2D eigenvalue weighted by Crippen LogP contribution is 2.52. The molecule has 0 aromatic rings. The van der Waals surface area contributed by atoms with E-state index < -0.39 is 0 Å². The van der Waals surface area contributed by atoms with E-state index in [1.165, 1.54) is 16.7 Å². The van der Waals surface area contributed by atoms with Crippen molar-refractivity contribution < 1.29 is 0 Å². The Kier molecular flexibility index (Phi) is 2.51. The average Bonchev–Trinajstić information content (AvgIpc) is 2.29. The first kappa shape index (κ1) is 10.3. The van der Waals surface area contributed by atoms with E-state index >= 15 is 0 Å². The Morgan fingerprint density at radius 3 is 1.92 bits per heavy atom. The Labute approximate surface area is 82.0 Å². The van der Waals surface area contributed by atoms with E-state index in [-0.39, 0.29) is 5.41 Å². The minimum absolute atomic E-state index is 0.149. The first-order valence-corrected chi connectivity index (χ1v) is 4.90. The maximum Gasteiger partial charge on any atom is 0.0152 e. The molecular formula is C13H20. The summed E-state index contributed by atoms with van der Waals surface area (Å²) in [5.41, 5.74) is 3.98. The Morgan fingerprint density at radius 1 is 1.31 bits per heavy atom. The Balaban J connectivity index is 3.03. The second-order valence-corrected chi connectivity index (χ2v) is 4.58. The molecule has 0 bridgehead atoms. The SMILES string of the molecule is C=C1CC(C(=C)C)(C(=C)C)CC1C. The van der Waals surface area contributed by atoms with E-state index in [9.17, 15) is 0 Å². The molecular weight excluding hydrogens is 156 g/mol. The van der Waals surface area contributed by atoms with Crippen molar-refractivity contribution in [1.82, 2.24) is 0 Å². The number of hydrogen-bond donors (Lipinski definition) is 0. The summed E-state index contributed by atoms with van der Waals surface area (Å²) in [5.74, 6) is 0.619. The van der Waals surface area contributed by atoms with Gasteiger partial charge >= 0.3 is 0 Å². The van der Waals surface area contributed by atoms with Crippen molar-refractivity contribution in [1.29, 1.82) is 0 Å². The third-order valence-electron chi connectivity index (χ3n) is 3.51. The largest absolute Gasteiger partial charge is 0.0995 e. The number of rotatable bonds is 2. The molecule has 0 spiro atoms. The van der Waals surface area contributed by atoms with Gasteiger partial charge in [-0.05, 0) is 32.6 Å². The zero-order valence-corrected chi connectivity index (χ0v) is 9.11. The van der Waals surface area contributed by atoms with Crippen LogP contribution in [0, 0.1) is 11.3 Å². The van der Waals surface area contributed by atoms with Crippen molar-refractivity contribution in [3.63, 3.8) is 0 Å². The van der Waals surface area contributed by atoms with Crippen LogP contribution in [0.2, 0.25) is 0 Å². The summed E-state index contributed by atoms with van der Waals surface area (Å²) >= 11 is 0. The van der Waals surface area contributed by atoms with E-state index in [4.69, 9.17) is 0 Å². The molecule has 72 valence electrons. The van der Waals surface area contributed by atoms with Gasteiger partial charge in [0.2, 0.25) is 0 Å². The predicted molar refractivity (Wildman–Crippen MR) is 59.6 cm³/mol. The van der Waals surface area contributed by atoms with Gasteiger partial charge in [0.15, 0.2) is 0 Å². The Morgan fingerprint density at radius 2 is 1.77 bits per heavy atom. The summed E-state index contributed by atoms with van der Waals surface area (Å²) in [6, 6.07) is 0. The van der Waals surface area contributed by atoms with Crippen LogP contribution in [0.3, 0.4) is 0 Å². The Bertz CT molecular complexity index is 254. The van der Waals surface area contributed by atoms with E-state index in [1.807, 2.05) is 0 Å².